The second-order valence-electron chi connectivity index (χ2n) is 7.04. The Morgan fingerprint density at radius 3 is 2.42 bits per heavy atom. The number of hydrogen-bond donors (Lipinski definition) is 0. The minimum absolute atomic E-state index is 0.382. The first kappa shape index (κ1) is 20.5. The highest BCUT2D eigenvalue weighted by atomic mass is 35.5. The van der Waals surface area contributed by atoms with Crippen LogP contribution < -0.4 is 9.47 Å². The molecule has 0 unspecified atom stereocenters. The Kier molecular flexibility index (Phi) is 6.21. The van der Waals surface area contributed by atoms with E-state index in [1.807, 2.05) is 78.9 Å². The van der Waals surface area contributed by atoms with Gasteiger partial charge in [0, 0.05) is 0 Å². The van der Waals surface area contributed by atoms with Crippen LogP contribution in [-0.2, 0) is 6.61 Å². The normalized spacial score (nSPS) is 11.2. The van der Waals surface area contributed by atoms with Crippen LogP contribution in [-0.4, -0.2) is 7.11 Å². The van der Waals surface area contributed by atoms with Gasteiger partial charge >= 0.3 is 0 Å². The Morgan fingerprint density at radius 1 is 0.935 bits per heavy atom. The SMILES string of the molecule is COc1cc(/C=C(/C#N)c2ccc3ccccc3c2)cc(Cl)c1OCc1ccccc1. The lowest BCUT2D eigenvalue weighted by molar-refractivity contribution is 0.284. The predicted molar refractivity (Wildman–Crippen MR) is 126 cm³/mol. The molecule has 0 aliphatic carbocycles. The average Bonchev–Trinajstić information content (AvgIpc) is 2.81. The van der Waals surface area contributed by atoms with Gasteiger partial charge in [-0.2, -0.15) is 5.26 Å². The van der Waals surface area contributed by atoms with Crippen molar-refractivity contribution in [2.24, 2.45) is 0 Å². The molecule has 0 fully saturated rings. The smallest absolute Gasteiger partial charge is 0.180 e. The molecular weight excluding hydrogens is 406 g/mol. The Hall–Kier alpha value is -3.74. The van der Waals surface area contributed by atoms with E-state index in [9.17, 15) is 5.26 Å². The third kappa shape index (κ3) is 4.71. The van der Waals surface area contributed by atoms with Crippen molar-refractivity contribution in [3.8, 4) is 17.6 Å². The van der Waals surface area contributed by atoms with Gasteiger partial charge in [0.1, 0.15) is 6.61 Å². The molecule has 0 aliphatic heterocycles. The third-order valence-electron chi connectivity index (χ3n) is 4.97. The second-order valence-corrected chi connectivity index (χ2v) is 7.45. The summed E-state index contributed by atoms with van der Waals surface area (Å²) in [6, 6.07) is 29.8. The van der Waals surface area contributed by atoms with Crippen LogP contribution in [0.3, 0.4) is 0 Å². The summed E-state index contributed by atoms with van der Waals surface area (Å²) in [7, 11) is 1.57. The number of ether oxygens (including phenoxy) is 2. The molecule has 0 aromatic heterocycles. The Morgan fingerprint density at radius 2 is 1.68 bits per heavy atom. The van der Waals surface area contributed by atoms with Gasteiger partial charge in [-0.05, 0) is 51.7 Å². The molecule has 0 amide bonds. The summed E-state index contributed by atoms with van der Waals surface area (Å²) in [6.45, 7) is 0.382. The van der Waals surface area contributed by atoms with E-state index in [-0.39, 0.29) is 0 Å². The molecule has 31 heavy (non-hydrogen) atoms. The summed E-state index contributed by atoms with van der Waals surface area (Å²) in [5.41, 5.74) is 3.19. The predicted octanol–water partition coefficient (Wildman–Crippen LogP) is 7.14. The standard InChI is InChI=1S/C27H20ClNO2/c1-30-26-15-20(14-25(28)27(26)31-18-19-7-3-2-4-8-19)13-24(17-29)23-12-11-21-9-5-6-10-22(21)16-23/h2-16H,18H2,1H3/b24-13-. The zero-order valence-corrected chi connectivity index (χ0v) is 17.8. The lowest BCUT2D eigenvalue weighted by atomic mass is 10.00. The zero-order valence-electron chi connectivity index (χ0n) is 17.0. The van der Waals surface area contributed by atoms with Gasteiger partial charge in [0.05, 0.1) is 23.8 Å². The lowest BCUT2D eigenvalue weighted by Gasteiger charge is -2.13. The van der Waals surface area contributed by atoms with Crippen LogP contribution in [0.2, 0.25) is 5.02 Å². The van der Waals surface area contributed by atoms with E-state index >= 15 is 0 Å². The van der Waals surface area contributed by atoms with Gasteiger partial charge in [-0.15, -0.1) is 0 Å². The third-order valence-corrected chi connectivity index (χ3v) is 5.25. The molecule has 3 nitrogen and oxygen atoms in total. The van der Waals surface area contributed by atoms with Crippen LogP contribution in [0.5, 0.6) is 11.5 Å². The van der Waals surface area contributed by atoms with Gasteiger partial charge in [0.2, 0.25) is 0 Å². The van der Waals surface area contributed by atoms with Gasteiger partial charge in [-0.1, -0.05) is 78.3 Å². The first-order valence-electron chi connectivity index (χ1n) is 9.83. The molecule has 4 rings (SSSR count). The number of nitrogens with zero attached hydrogens (tertiary/aromatic N) is 1. The molecule has 0 radical (unpaired) electrons. The number of allylic oxidation sites excluding steroid dienone is 1. The van der Waals surface area contributed by atoms with Crippen molar-refractivity contribution in [3.05, 3.63) is 107 Å². The van der Waals surface area contributed by atoms with Crippen molar-refractivity contribution in [1.82, 2.24) is 0 Å². The van der Waals surface area contributed by atoms with Crippen molar-refractivity contribution >= 4 is 34.0 Å². The summed E-state index contributed by atoms with van der Waals surface area (Å²) < 4.78 is 11.4. The van der Waals surface area contributed by atoms with Crippen LogP contribution >= 0.6 is 11.6 Å². The number of fused-ring (bicyclic) bond motifs is 1. The fourth-order valence-corrected chi connectivity index (χ4v) is 3.67. The summed E-state index contributed by atoms with van der Waals surface area (Å²) in [5.74, 6) is 1.000. The minimum Gasteiger partial charge on any atom is -0.493 e. The van der Waals surface area contributed by atoms with Crippen molar-refractivity contribution in [1.29, 1.82) is 5.26 Å². The molecule has 0 N–H and O–H groups in total. The lowest BCUT2D eigenvalue weighted by Crippen LogP contribution is -1.99. The van der Waals surface area contributed by atoms with Crippen molar-refractivity contribution in [2.45, 2.75) is 6.61 Å². The number of halogens is 1. The maximum absolute atomic E-state index is 9.77. The molecule has 4 heteroatoms. The van der Waals surface area contributed by atoms with E-state index in [4.69, 9.17) is 21.1 Å². The van der Waals surface area contributed by atoms with Crippen LogP contribution in [0.4, 0.5) is 0 Å². The van der Waals surface area contributed by atoms with Gasteiger partial charge in [0.15, 0.2) is 11.5 Å². The minimum atomic E-state index is 0.382. The van der Waals surface area contributed by atoms with Gasteiger partial charge in [-0.25, -0.2) is 0 Å². The first-order valence-corrected chi connectivity index (χ1v) is 10.2. The molecule has 4 aromatic rings. The molecule has 0 aliphatic rings. The molecule has 0 spiro atoms. The van der Waals surface area contributed by atoms with E-state index in [0.29, 0.717) is 28.7 Å². The first-order chi connectivity index (χ1) is 15.2. The molecule has 0 saturated carbocycles. The van der Waals surface area contributed by atoms with Gasteiger partial charge < -0.3 is 9.47 Å². The van der Waals surface area contributed by atoms with Crippen molar-refractivity contribution in [2.75, 3.05) is 7.11 Å². The molecule has 0 saturated heterocycles. The van der Waals surface area contributed by atoms with E-state index in [2.05, 4.69) is 6.07 Å². The van der Waals surface area contributed by atoms with Gasteiger partial charge in [0.25, 0.3) is 0 Å². The number of hydrogen-bond acceptors (Lipinski definition) is 3. The second kappa shape index (κ2) is 9.38. The van der Waals surface area contributed by atoms with E-state index in [0.717, 1.165) is 27.5 Å². The Balaban J connectivity index is 1.65. The monoisotopic (exact) mass is 425 g/mol. The van der Waals surface area contributed by atoms with Crippen LogP contribution in [0.15, 0.2) is 84.9 Å². The molecule has 0 atom stereocenters. The fourth-order valence-electron chi connectivity index (χ4n) is 3.40. The molecule has 0 heterocycles. The molecular formula is C27H20ClNO2. The van der Waals surface area contributed by atoms with E-state index < -0.39 is 0 Å². The Bertz CT molecular complexity index is 1290. The highest BCUT2D eigenvalue weighted by molar-refractivity contribution is 6.32. The van der Waals surface area contributed by atoms with Gasteiger partial charge in [-0.3, -0.25) is 0 Å². The zero-order chi connectivity index (χ0) is 21.6. The summed E-state index contributed by atoms with van der Waals surface area (Å²) in [6.07, 6.45) is 1.81. The van der Waals surface area contributed by atoms with E-state index in [1.54, 1.807) is 19.3 Å². The number of rotatable bonds is 6. The molecule has 0 bridgehead atoms. The maximum Gasteiger partial charge on any atom is 0.180 e. The molecule has 4 aromatic carbocycles. The summed E-state index contributed by atoms with van der Waals surface area (Å²) in [4.78, 5) is 0. The average molecular weight is 426 g/mol. The van der Waals surface area contributed by atoms with Crippen molar-refractivity contribution in [3.63, 3.8) is 0 Å². The molecule has 152 valence electrons. The van der Waals surface area contributed by atoms with Crippen LogP contribution in [0.1, 0.15) is 16.7 Å². The summed E-state index contributed by atoms with van der Waals surface area (Å²) >= 11 is 6.51. The van der Waals surface area contributed by atoms with Crippen LogP contribution in [0.25, 0.3) is 22.4 Å². The van der Waals surface area contributed by atoms with Crippen LogP contribution in [0, 0.1) is 11.3 Å². The summed E-state index contributed by atoms with van der Waals surface area (Å²) in [5, 5.41) is 12.4. The highest BCUT2D eigenvalue weighted by Crippen LogP contribution is 2.38. The quantitative estimate of drug-likeness (QED) is 0.243. The van der Waals surface area contributed by atoms with Crippen molar-refractivity contribution < 1.29 is 9.47 Å². The Labute approximate surface area is 186 Å². The largest absolute Gasteiger partial charge is 0.493 e. The number of benzene rings is 4. The fraction of sp³-hybridized carbons (Fsp3) is 0.0741. The topological polar surface area (TPSA) is 42.2 Å². The maximum atomic E-state index is 9.77. The van der Waals surface area contributed by atoms with E-state index in [1.165, 1.54) is 0 Å². The highest BCUT2D eigenvalue weighted by Gasteiger charge is 2.13. The number of methoxy groups -OCH3 is 1. The number of nitriles is 1.